The summed E-state index contributed by atoms with van der Waals surface area (Å²) in [6, 6.07) is 1.47. The van der Waals surface area contributed by atoms with Crippen molar-refractivity contribution in [1.82, 2.24) is 30.6 Å². The Kier molecular flexibility index (Phi) is 5.06. The fourth-order valence-electron chi connectivity index (χ4n) is 3.52. The van der Waals surface area contributed by atoms with Gasteiger partial charge in [-0.1, -0.05) is 0 Å². The number of hydrogen-bond acceptors (Lipinski definition) is 5. The molecule has 1 aromatic heterocycles. The molecule has 0 aliphatic carbocycles. The Morgan fingerprint density at radius 1 is 1.23 bits per heavy atom. The molecule has 4 amide bonds. The van der Waals surface area contributed by atoms with Gasteiger partial charge in [0.2, 0.25) is 5.91 Å². The summed E-state index contributed by atoms with van der Waals surface area (Å²) in [5, 5.41) is 13.2. The van der Waals surface area contributed by atoms with Crippen molar-refractivity contribution < 1.29 is 14.4 Å². The van der Waals surface area contributed by atoms with E-state index in [4.69, 9.17) is 0 Å². The van der Waals surface area contributed by atoms with Gasteiger partial charge in [0.1, 0.15) is 0 Å². The van der Waals surface area contributed by atoms with Gasteiger partial charge in [0, 0.05) is 50.6 Å². The zero-order chi connectivity index (χ0) is 18.7. The molecule has 26 heavy (non-hydrogen) atoms. The molecule has 0 bridgehead atoms. The minimum Gasteiger partial charge on any atom is -0.355 e. The molecule has 140 valence electrons. The van der Waals surface area contributed by atoms with Crippen LogP contribution in [0.2, 0.25) is 0 Å². The van der Waals surface area contributed by atoms with Gasteiger partial charge in [-0.15, -0.1) is 0 Å². The van der Waals surface area contributed by atoms with E-state index in [0.717, 1.165) is 0 Å². The van der Waals surface area contributed by atoms with Gasteiger partial charge in [-0.3, -0.25) is 9.59 Å². The normalized spacial score (nSPS) is 23.1. The zero-order valence-corrected chi connectivity index (χ0v) is 15.1. The lowest BCUT2D eigenvalue weighted by Crippen LogP contribution is -2.48. The maximum absolute atomic E-state index is 12.9. The Morgan fingerprint density at radius 2 is 1.96 bits per heavy atom. The smallest absolute Gasteiger partial charge is 0.317 e. The molecule has 2 aliphatic rings. The van der Waals surface area contributed by atoms with E-state index in [2.05, 4.69) is 20.8 Å². The molecule has 1 unspecified atom stereocenters. The summed E-state index contributed by atoms with van der Waals surface area (Å²) in [5.74, 6) is -0.209. The molecular formula is C17H24N6O3. The van der Waals surface area contributed by atoms with Gasteiger partial charge in [-0.05, 0) is 19.9 Å². The molecule has 0 aromatic carbocycles. The molecule has 2 aliphatic heterocycles. The number of nitrogens with one attached hydrogen (secondary N) is 2. The van der Waals surface area contributed by atoms with Crippen molar-refractivity contribution >= 4 is 17.8 Å². The van der Waals surface area contributed by atoms with Gasteiger partial charge < -0.3 is 20.4 Å². The van der Waals surface area contributed by atoms with Gasteiger partial charge in [0.05, 0.1) is 18.0 Å². The Morgan fingerprint density at radius 3 is 2.58 bits per heavy atom. The fraction of sp³-hybridized carbons (Fsp3) is 0.588. The molecule has 1 aromatic rings. The summed E-state index contributed by atoms with van der Waals surface area (Å²) in [5.41, 5.74) is -0.0228. The summed E-state index contributed by atoms with van der Waals surface area (Å²) >= 11 is 0. The summed E-state index contributed by atoms with van der Waals surface area (Å²) in [4.78, 5) is 40.7. The predicted octanol–water partition coefficient (Wildman–Crippen LogP) is -0.141. The van der Waals surface area contributed by atoms with Crippen molar-refractivity contribution in [1.29, 1.82) is 0 Å². The SMILES string of the molecule is CC(C)NC(=O)N1CCN(C(=O)c2ccnnc2)CC2(CNC(=O)C2)C1. The van der Waals surface area contributed by atoms with Gasteiger partial charge >= 0.3 is 6.03 Å². The van der Waals surface area contributed by atoms with Crippen LogP contribution in [-0.4, -0.2) is 76.6 Å². The third kappa shape index (κ3) is 3.92. The van der Waals surface area contributed by atoms with Crippen LogP contribution >= 0.6 is 0 Å². The second-order valence-corrected chi connectivity index (χ2v) is 7.34. The molecule has 9 heteroatoms. The standard InChI is InChI=1S/C17H24N6O3/c1-12(2)21-16(26)23-6-5-22(15(25)13-3-4-19-20-8-13)10-17(11-23)7-14(24)18-9-17/h3-4,8,12H,5-7,9-11H2,1-2H3,(H,18,24)(H,21,26). The van der Waals surface area contributed by atoms with Crippen molar-refractivity contribution in [2.24, 2.45) is 5.41 Å². The molecule has 1 spiro atoms. The van der Waals surface area contributed by atoms with E-state index >= 15 is 0 Å². The van der Waals surface area contributed by atoms with Gasteiger partial charge in [-0.25, -0.2) is 4.79 Å². The first-order valence-electron chi connectivity index (χ1n) is 8.77. The average molecular weight is 360 g/mol. The molecule has 2 fully saturated rings. The van der Waals surface area contributed by atoms with Crippen LogP contribution < -0.4 is 10.6 Å². The van der Waals surface area contributed by atoms with Crippen molar-refractivity contribution in [2.45, 2.75) is 26.3 Å². The van der Waals surface area contributed by atoms with E-state index in [1.807, 2.05) is 13.8 Å². The number of rotatable bonds is 2. The van der Waals surface area contributed by atoms with Crippen LogP contribution in [0.25, 0.3) is 0 Å². The Labute approximate surface area is 152 Å². The van der Waals surface area contributed by atoms with Crippen LogP contribution in [0.15, 0.2) is 18.5 Å². The molecule has 1 atom stereocenters. The number of hydrogen-bond donors (Lipinski definition) is 2. The third-order valence-corrected chi connectivity index (χ3v) is 4.71. The number of aromatic nitrogens is 2. The van der Waals surface area contributed by atoms with Crippen LogP contribution in [0, 0.1) is 5.41 Å². The van der Waals surface area contributed by atoms with Crippen LogP contribution in [0.5, 0.6) is 0 Å². The molecule has 0 radical (unpaired) electrons. The van der Waals surface area contributed by atoms with Crippen molar-refractivity contribution in [2.75, 3.05) is 32.7 Å². The van der Waals surface area contributed by atoms with Crippen LogP contribution in [-0.2, 0) is 4.79 Å². The third-order valence-electron chi connectivity index (χ3n) is 4.71. The Balaban J connectivity index is 1.82. The fourth-order valence-corrected chi connectivity index (χ4v) is 3.52. The summed E-state index contributed by atoms with van der Waals surface area (Å²) in [6.07, 6.45) is 3.21. The average Bonchev–Trinajstić information content (AvgIpc) is 2.86. The molecule has 2 saturated heterocycles. The monoisotopic (exact) mass is 360 g/mol. The second kappa shape index (κ2) is 7.27. The number of amides is 4. The van der Waals surface area contributed by atoms with E-state index in [-0.39, 0.29) is 23.9 Å². The highest BCUT2D eigenvalue weighted by Crippen LogP contribution is 2.31. The first kappa shape index (κ1) is 18.1. The Bertz CT molecular complexity index is 695. The highest BCUT2D eigenvalue weighted by atomic mass is 16.2. The lowest BCUT2D eigenvalue weighted by atomic mass is 9.86. The maximum Gasteiger partial charge on any atom is 0.317 e. The van der Waals surface area contributed by atoms with Crippen LogP contribution in [0.4, 0.5) is 4.79 Å². The molecule has 9 nitrogen and oxygen atoms in total. The largest absolute Gasteiger partial charge is 0.355 e. The second-order valence-electron chi connectivity index (χ2n) is 7.34. The van der Waals surface area contributed by atoms with E-state index in [1.54, 1.807) is 15.9 Å². The number of nitrogens with zero attached hydrogens (tertiary/aromatic N) is 4. The lowest BCUT2D eigenvalue weighted by molar-refractivity contribution is -0.119. The first-order valence-corrected chi connectivity index (χ1v) is 8.77. The van der Waals surface area contributed by atoms with Crippen molar-refractivity contribution in [3.8, 4) is 0 Å². The highest BCUT2D eigenvalue weighted by molar-refractivity contribution is 5.94. The zero-order valence-electron chi connectivity index (χ0n) is 15.1. The first-order chi connectivity index (χ1) is 12.4. The quantitative estimate of drug-likeness (QED) is 0.763. The van der Waals surface area contributed by atoms with Gasteiger partial charge in [0.15, 0.2) is 0 Å². The Hall–Kier alpha value is -2.71. The summed E-state index contributed by atoms with van der Waals surface area (Å²) in [7, 11) is 0. The maximum atomic E-state index is 12.9. The molecular weight excluding hydrogens is 336 g/mol. The minimum atomic E-state index is -0.474. The topological polar surface area (TPSA) is 108 Å². The number of carbonyl (C=O) groups is 3. The molecule has 3 rings (SSSR count). The molecule has 2 N–H and O–H groups in total. The minimum absolute atomic E-state index is 0.0191. The van der Waals surface area contributed by atoms with E-state index in [1.165, 1.54) is 12.4 Å². The lowest BCUT2D eigenvalue weighted by Gasteiger charge is -2.32. The molecule has 0 saturated carbocycles. The van der Waals surface area contributed by atoms with E-state index < -0.39 is 5.41 Å². The molecule has 3 heterocycles. The highest BCUT2D eigenvalue weighted by Gasteiger charge is 2.45. The summed E-state index contributed by atoms with van der Waals surface area (Å²) in [6.45, 7) is 5.93. The van der Waals surface area contributed by atoms with Crippen LogP contribution in [0.1, 0.15) is 30.6 Å². The van der Waals surface area contributed by atoms with E-state index in [9.17, 15) is 14.4 Å². The van der Waals surface area contributed by atoms with E-state index in [0.29, 0.717) is 44.7 Å². The number of urea groups is 1. The van der Waals surface area contributed by atoms with Gasteiger partial charge in [0.25, 0.3) is 5.91 Å². The van der Waals surface area contributed by atoms with Crippen LogP contribution in [0.3, 0.4) is 0 Å². The number of carbonyl (C=O) groups excluding carboxylic acids is 3. The van der Waals surface area contributed by atoms with Crippen molar-refractivity contribution in [3.05, 3.63) is 24.0 Å². The van der Waals surface area contributed by atoms with Gasteiger partial charge in [-0.2, -0.15) is 10.2 Å². The van der Waals surface area contributed by atoms with Crippen molar-refractivity contribution in [3.63, 3.8) is 0 Å². The summed E-state index contributed by atoms with van der Waals surface area (Å²) < 4.78 is 0. The predicted molar refractivity (Wildman–Crippen MR) is 93.2 cm³/mol.